The van der Waals surface area contributed by atoms with Crippen molar-refractivity contribution in [3.63, 3.8) is 0 Å². The summed E-state index contributed by atoms with van der Waals surface area (Å²) in [7, 11) is 0. The number of carbonyl (C=O) groups excluding carboxylic acids is 1. The highest BCUT2D eigenvalue weighted by Crippen LogP contribution is 2.22. The lowest BCUT2D eigenvalue weighted by Crippen LogP contribution is -2.36. The summed E-state index contributed by atoms with van der Waals surface area (Å²) in [4.78, 5) is 17.2. The minimum absolute atomic E-state index is 0.0748. The van der Waals surface area contributed by atoms with E-state index in [-0.39, 0.29) is 5.91 Å². The largest absolute Gasteiger partial charge is 0.378 e. The molecule has 2 aromatic rings. The molecule has 2 aromatic carbocycles. The van der Waals surface area contributed by atoms with Crippen LogP contribution in [0.5, 0.6) is 0 Å². The Labute approximate surface area is 160 Å². The molecule has 1 amide bonds. The van der Waals surface area contributed by atoms with Crippen molar-refractivity contribution < 1.29 is 9.53 Å². The zero-order valence-electron chi connectivity index (χ0n) is 15.7. The molecule has 2 aliphatic heterocycles. The van der Waals surface area contributed by atoms with Crippen LogP contribution >= 0.6 is 0 Å². The normalized spacial score (nSPS) is 17.6. The molecule has 0 atom stereocenters. The summed E-state index contributed by atoms with van der Waals surface area (Å²) in [6.45, 7) is 5.57. The van der Waals surface area contributed by atoms with Gasteiger partial charge in [0.2, 0.25) is 0 Å². The molecule has 2 heterocycles. The van der Waals surface area contributed by atoms with Gasteiger partial charge in [-0.05, 0) is 67.8 Å². The van der Waals surface area contributed by atoms with E-state index in [1.807, 2.05) is 36.4 Å². The number of anilines is 3. The van der Waals surface area contributed by atoms with Crippen molar-refractivity contribution in [2.45, 2.75) is 19.3 Å². The Morgan fingerprint density at radius 3 is 1.93 bits per heavy atom. The first-order valence-electron chi connectivity index (χ1n) is 9.89. The number of piperidine rings is 1. The minimum Gasteiger partial charge on any atom is -0.378 e. The number of ether oxygens (including phenoxy) is 1. The van der Waals surface area contributed by atoms with E-state index in [2.05, 4.69) is 27.2 Å². The fourth-order valence-corrected chi connectivity index (χ4v) is 3.76. The molecule has 0 saturated carbocycles. The lowest BCUT2D eigenvalue weighted by Gasteiger charge is -2.29. The van der Waals surface area contributed by atoms with E-state index in [1.54, 1.807) is 0 Å². The lowest BCUT2D eigenvalue weighted by molar-refractivity contribution is 0.102. The Kier molecular flexibility index (Phi) is 5.58. The van der Waals surface area contributed by atoms with Crippen molar-refractivity contribution in [3.05, 3.63) is 54.1 Å². The summed E-state index contributed by atoms with van der Waals surface area (Å²) in [5, 5.41) is 3.00. The van der Waals surface area contributed by atoms with Gasteiger partial charge in [0.15, 0.2) is 0 Å². The number of amides is 1. The van der Waals surface area contributed by atoms with E-state index >= 15 is 0 Å². The number of carbonyl (C=O) groups is 1. The molecule has 5 nitrogen and oxygen atoms in total. The van der Waals surface area contributed by atoms with Crippen LogP contribution in [-0.4, -0.2) is 45.3 Å². The third kappa shape index (κ3) is 4.42. The number of nitrogens with zero attached hydrogens (tertiary/aromatic N) is 2. The highest BCUT2D eigenvalue weighted by atomic mass is 16.5. The van der Waals surface area contributed by atoms with Gasteiger partial charge in [-0.15, -0.1) is 0 Å². The monoisotopic (exact) mass is 365 g/mol. The second-order valence-corrected chi connectivity index (χ2v) is 7.20. The van der Waals surface area contributed by atoms with Gasteiger partial charge in [-0.25, -0.2) is 0 Å². The van der Waals surface area contributed by atoms with Crippen molar-refractivity contribution in [2.24, 2.45) is 0 Å². The van der Waals surface area contributed by atoms with Crippen molar-refractivity contribution in [1.29, 1.82) is 0 Å². The van der Waals surface area contributed by atoms with Crippen LogP contribution in [0.25, 0.3) is 0 Å². The number of benzene rings is 2. The van der Waals surface area contributed by atoms with Crippen molar-refractivity contribution in [2.75, 3.05) is 54.5 Å². The molecule has 0 aliphatic carbocycles. The molecule has 0 radical (unpaired) electrons. The maximum atomic E-state index is 12.5. The summed E-state index contributed by atoms with van der Waals surface area (Å²) in [6.07, 6.45) is 3.85. The fraction of sp³-hybridized carbons (Fsp3) is 0.409. The molecule has 142 valence electrons. The highest BCUT2D eigenvalue weighted by molar-refractivity contribution is 6.04. The lowest BCUT2D eigenvalue weighted by atomic mass is 10.1. The molecule has 27 heavy (non-hydrogen) atoms. The summed E-state index contributed by atoms with van der Waals surface area (Å²) in [6, 6.07) is 16.0. The van der Waals surface area contributed by atoms with E-state index in [0.29, 0.717) is 5.56 Å². The van der Waals surface area contributed by atoms with Crippen LogP contribution in [0.4, 0.5) is 17.1 Å². The zero-order chi connectivity index (χ0) is 18.5. The van der Waals surface area contributed by atoms with Crippen LogP contribution < -0.4 is 15.1 Å². The smallest absolute Gasteiger partial charge is 0.255 e. The maximum absolute atomic E-state index is 12.5. The fourth-order valence-electron chi connectivity index (χ4n) is 3.76. The summed E-state index contributed by atoms with van der Waals surface area (Å²) in [5.74, 6) is -0.0748. The quantitative estimate of drug-likeness (QED) is 0.896. The second-order valence-electron chi connectivity index (χ2n) is 7.20. The van der Waals surface area contributed by atoms with Crippen LogP contribution in [0.1, 0.15) is 29.6 Å². The zero-order valence-corrected chi connectivity index (χ0v) is 15.7. The molecule has 2 saturated heterocycles. The van der Waals surface area contributed by atoms with E-state index in [0.717, 1.165) is 50.8 Å². The number of hydrogen-bond acceptors (Lipinski definition) is 4. The van der Waals surface area contributed by atoms with Crippen LogP contribution in [0.15, 0.2) is 48.5 Å². The predicted molar refractivity (Wildman–Crippen MR) is 110 cm³/mol. The van der Waals surface area contributed by atoms with Gasteiger partial charge in [0.05, 0.1) is 13.2 Å². The molecule has 0 bridgehead atoms. The van der Waals surface area contributed by atoms with Crippen LogP contribution in [-0.2, 0) is 4.74 Å². The van der Waals surface area contributed by atoms with E-state index in [1.165, 1.54) is 24.9 Å². The second kappa shape index (κ2) is 8.44. The standard InChI is InChI=1S/C22H27N3O2/c26-22(18-4-8-20(9-5-18)25-14-16-27-17-15-25)23-19-6-10-21(11-7-19)24-12-2-1-3-13-24/h4-11H,1-3,12-17H2,(H,23,26). The molecule has 0 spiro atoms. The minimum atomic E-state index is -0.0748. The van der Waals surface area contributed by atoms with E-state index in [9.17, 15) is 4.79 Å². The summed E-state index contributed by atoms with van der Waals surface area (Å²) >= 11 is 0. The number of hydrogen-bond donors (Lipinski definition) is 1. The molecule has 2 fully saturated rings. The molecule has 4 rings (SSSR count). The predicted octanol–water partition coefficient (Wildman–Crippen LogP) is 3.77. The van der Waals surface area contributed by atoms with E-state index in [4.69, 9.17) is 4.74 Å². The van der Waals surface area contributed by atoms with Crippen LogP contribution in [0, 0.1) is 0 Å². The first kappa shape index (κ1) is 17.9. The average molecular weight is 365 g/mol. The van der Waals surface area contributed by atoms with Crippen LogP contribution in [0.2, 0.25) is 0 Å². The molecule has 2 aliphatic rings. The van der Waals surface area contributed by atoms with Gasteiger partial charge in [-0.3, -0.25) is 4.79 Å². The van der Waals surface area contributed by atoms with Crippen LogP contribution in [0.3, 0.4) is 0 Å². The van der Waals surface area contributed by atoms with Crippen molar-refractivity contribution in [3.8, 4) is 0 Å². The van der Waals surface area contributed by atoms with Crippen molar-refractivity contribution >= 4 is 23.0 Å². The molecule has 0 unspecified atom stereocenters. The first-order chi connectivity index (χ1) is 13.3. The molecular formula is C22H27N3O2. The molecular weight excluding hydrogens is 338 g/mol. The Hall–Kier alpha value is -2.53. The van der Waals surface area contributed by atoms with Gasteiger partial charge in [-0.2, -0.15) is 0 Å². The van der Waals surface area contributed by atoms with Gasteiger partial charge >= 0.3 is 0 Å². The van der Waals surface area contributed by atoms with Crippen molar-refractivity contribution in [1.82, 2.24) is 0 Å². The van der Waals surface area contributed by atoms with Gasteiger partial charge < -0.3 is 19.9 Å². The SMILES string of the molecule is O=C(Nc1ccc(N2CCCCC2)cc1)c1ccc(N2CCOCC2)cc1. The average Bonchev–Trinajstić information content (AvgIpc) is 2.76. The highest BCUT2D eigenvalue weighted by Gasteiger charge is 2.13. The Balaban J connectivity index is 1.36. The molecule has 5 heteroatoms. The van der Waals surface area contributed by atoms with Gasteiger partial charge in [0.25, 0.3) is 5.91 Å². The number of rotatable bonds is 4. The Bertz CT molecular complexity index is 746. The number of nitrogens with one attached hydrogen (secondary N) is 1. The molecule has 0 aromatic heterocycles. The first-order valence-corrected chi connectivity index (χ1v) is 9.89. The summed E-state index contributed by atoms with van der Waals surface area (Å²) in [5.41, 5.74) is 3.88. The van der Waals surface area contributed by atoms with Gasteiger partial charge in [-0.1, -0.05) is 0 Å². The van der Waals surface area contributed by atoms with E-state index < -0.39 is 0 Å². The topological polar surface area (TPSA) is 44.8 Å². The molecule has 1 N–H and O–H groups in total. The maximum Gasteiger partial charge on any atom is 0.255 e. The van der Waals surface area contributed by atoms with Gasteiger partial charge in [0.1, 0.15) is 0 Å². The number of morpholine rings is 1. The third-order valence-corrected chi connectivity index (χ3v) is 5.35. The Morgan fingerprint density at radius 1 is 0.741 bits per heavy atom. The van der Waals surface area contributed by atoms with Gasteiger partial charge in [0, 0.05) is 48.8 Å². The summed E-state index contributed by atoms with van der Waals surface area (Å²) < 4.78 is 5.39. The third-order valence-electron chi connectivity index (χ3n) is 5.35. The Morgan fingerprint density at radius 2 is 1.30 bits per heavy atom.